The van der Waals surface area contributed by atoms with E-state index in [1.165, 1.54) is 16.1 Å². The predicted octanol–water partition coefficient (Wildman–Crippen LogP) is -0.448. The topological polar surface area (TPSA) is 132 Å². The Morgan fingerprint density at radius 2 is 2.24 bits per heavy atom. The zero-order valence-corrected chi connectivity index (χ0v) is 14.1. The lowest BCUT2D eigenvalue weighted by Crippen LogP contribution is -2.54. The van der Waals surface area contributed by atoms with Gasteiger partial charge in [-0.15, -0.1) is 4.28 Å². The second-order valence-corrected chi connectivity index (χ2v) is 6.62. The fourth-order valence-electron chi connectivity index (χ4n) is 3.09. The molecule has 2 saturated heterocycles. The molecule has 1 aromatic heterocycles. The Morgan fingerprint density at radius 1 is 1.48 bits per heavy atom. The number of hydrogen-bond donors (Lipinski definition) is 2. The Morgan fingerprint density at radius 3 is 2.84 bits per heavy atom. The molecule has 1 aromatic rings. The van der Waals surface area contributed by atoms with Gasteiger partial charge in [0.15, 0.2) is 0 Å². The minimum atomic E-state index is -4.82. The molecule has 3 amide bonds. The zero-order chi connectivity index (χ0) is 18.2. The van der Waals surface area contributed by atoms with Gasteiger partial charge in [0, 0.05) is 19.8 Å². The Labute approximate surface area is 144 Å². The highest BCUT2D eigenvalue weighted by Gasteiger charge is 2.50. The number of piperidine rings is 1. The lowest BCUT2D eigenvalue weighted by Gasteiger charge is -2.33. The number of fused-ring (bicyclic) bond motifs is 2. The van der Waals surface area contributed by atoms with E-state index in [0.29, 0.717) is 23.6 Å². The van der Waals surface area contributed by atoms with Gasteiger partial charge < -0.3 is 4.90 Å². The van der Waals surface area contributed by atoms with Crippen molar-refractivity contribution in [1.82, 2.24) is 20.4 Å². The summed E-state index contributed by atoms with van der Waals surface area (Å²) in [6.45, 7) is 0.134. The molecule has 12 heteroatoms. The van der Waals surface area contributed by atoms with Crippen LogP contribution in [0.2, 0.25) is 0 Å². The summed E-state index contributed by atoms with van der Waals surface area (Å²) in [5.41, 5.74) is 3.27. The van der Waals surface area contributed by atoms with Crippen LogP contribution in [0, 0.1) is 0 Å². The van der Waals surface area contributed by atoms with E-state index < -0.39 is 28.5 Å². The first-order chi connectivity index (χ1) is 11.8. The van der Waals surface area contributed by atoms with E-state index in [9.17, 15) is 18.0 Å². The van der Waals surface area contributed by atoms with Crippen LogP contribution in [0.1, 0.15) is 12.8 Å². The molecule has 0 unspecified atom stereocenters. The van der Waals surface area contributed by atoms with Crippen molar-refractivity contribution in [3.8, 4) is 0 Å². The molecule has 2 aliphatic heterocycles. The Balaban J connectivity index is 1.80. The van der Waals surface area contributed by atoms with E-state index in [0.717, 1.165) is 0 Å². The number of hydroxylamine groups is 2. The molecule has 2 fully saturated rings. The Hall–Kier alpha value is -2.28. The fraction of sp³-hybridized carbons (Fsp3) is 0.462. The highest BCUT2D eigenvalue weighted by molar-refractivity contribution is 7.80. The summed E-state index contributed by atoms with van der Waals surface area (Å²) in [7, 11) is -3.25. The van der Waals surface area contributed by atoms with Crippen LogP contribution < -0.4 is 10.4 Å². The van der Waals surface area contributed by atoms with Crippen molar-refractivity contribution in [1.29, 1.82) is 0 Å². The molecule has 0 radical (unpaired) electrons. The van der Waals surface area contributed by atoms with Gasteiger partial charge in [0.2, 0.25) is 0 Å². The van der Waals surface area contributed by atoms with Gasteiger partial charge in [-0.25, -0.2) is 15.2 Å². The molecule has 136 valence electrons. The maximum absolute atomic E-state index is 12.9. The summed E-state index contributed by atoms with van der Waals surface area (Å²) in [5, 5.41) is 1.88. The molecule has 0 saturated carbocycles. The molecule has 2 N–H and O–H groups in total. The number of hydrazine groups is 1. The van der Waals surface area contributed by atoms with Gasteiger partial charge in [0.05, 0.1) is 17.9 Å². The van der Waals surface area contributed by atoms with E-state index in [1.54, 1.807) is 25.4 Å². The molecular formula is C13H17N5O6S. The molecule has 0 aliphatic carbocycles. The van der Waals surface area contributed by atoms with Crippen LogP contribution in [-0.2, 0) is 19.5 Å². The number of amides is 3. The van der Waals surface area contributed by atoms with Crippen molar-refractivity contribution in [3.05, 3.63) is 24.5 Å². The lowest BCUT2D eigenvalue weighted by atomic mass is 10.00. The van der Waals surface area contributed by atoms with Gasteiger partial charge in [0.25, 0.3) is 5.91 Å². The van der Waals surface area contributed by atoms with Gasteiger partial charge in [-0.2, -0.15) is 13.5 Å². The van der Waals surface area contributed by atoms with Gasteiger partial charge in [-0.1, -0.05) is 0 Å². The molecule has 2 bridgehead atoms. The van der Waals surface area contributed by atoms with Crippen LogP contribution in [0.3, 0.4) is 0 Å². The van der Waals surface area contributed by atoms with E-state index in [4.69, 9.17) is 4.55 Å². The third-order valence-electron chi connectivity index (χ3n) is 4.13. The van der Waals surface area contributed by atoms with Crippen LogP contribution in [0.15, 0.2) is 24.5 Å². The summed E-state index contributed by atoms with van der Waals surface area (Å²) in [5.74, 6) is -0.379. The number of hydrogen-bond acceptors (Lipinski definition) is 7. The van der Waals surface area contributed by atoms with Crippen molar-refractivity contribution in [3.63, 3.8) is 0 Å². The van der Waals surface area contributed by atoms with E-state index in [1.807, 2.05) is 0 Å². The van der Waals surface area contributed by atoms with Crippen LogP contribution in [0.5, 0.6) is 0 Å². The molecule has 11 nitrogen and oxygen atoms in total. The maximum atomic E-state index is 12.9. The molecule has 25 heavy (non-hydrogen) atoms. The van der Waals surface area contributed by atoms with Crippen molar-refractivity contribution in [2.75, 3.05) is 18.6 Å². The summed E-state index contributed by atoms with van der Waals surface area (Å²) < 4.78 is 35.0. The summed E-state index contributed by atoms with van der Waals surface area (Å²) in [4.78, 5) is 30.4. The highest BCUT2D eigenvalue weighted by atomic mass is 32.3. The van der Waals surface area contributed by atoms with Crippen LogP contribution >= 0.6 is 0 Å². The van der Waals surface area contributed by atoms with Gasteiger partial charge >= 0.3 is 16.4 Å². The van der Waals surface area contributed by atoms with Crippen molar-refractivity contribution in [2.45, 2.75) is 24.9 Å². The van der Waals surface area contributed by atoms with Crippen LogP contribution in [-0.4, -0.2) is 65.5 Å². The average Bonchev–Trinajstić information content (AvgIpc) is 2.80. The second-order valence-electron chi connectivity index (χ2n) is 5.62. The number of nitrogens with zero attached hydrogens (tertiary/aromatic N) is 4. The van der Waals surface area contributed by atoms with E-state index in [-0.39, 0.29) is 12.5 Å². The summed E-state index contributed by atoms with van der Waals surface area (Å²) >= 11 is 0. The first kappa shape index (κ1) is 17.5. The van der Waals surface area contributed by atoms with Crippen molar-refractivity contribution < 1.29 is 26.8 Å². The number of urea groups is 1. The second kappa shape index (κ2) is 6.55. The summed E-state index contributed by atoms with van der Waals surface area (Å²) in [6.07, 6.45) is 3.76. The molecule has 3 rings (SSSR count). The SMILES string of the molecule is CNN(C(=O)[C@@H]1CC[C@@H]2CN1C(=O)N2OS(=O)(=O)O)c1cccnc1. The van der Waals surface area contributed by atoms with Gasteiger partial charge in [-0.3, -0.25) is 14.3 Å². The average molecular weight is 371 g/mol. The van der Waals surface area contributed by atoms with Crippen molar-refractivity contribution >= 4 is 28.0 Å². The normalized spacial score (nSPS) is 23.0. The number of pyridine rings is 1. The van der Waals surface area contributed by atoms with Crippen LogP contribution in [0.25, 0.3) is 0 Å². The number of carbonyl (C=O) groups is 2. The van der Waals surface area contributed by atoms with E-state index in [2.05, 4.69) is 14.7 Å². The third kappa shape index (κ3) is 3.42. The minimum absolute atomic E-state index is 0.134. The molecule has 0 aromatic carbocycles. The predicted molar refractivity (Wildman–Crippen MR) is 84.2 cm³/mol. The largest absolute Gasteiger partial charge is 0.418 e. The van der Waals surface area contributed by atoms with Crippen LogP contribution in [0.4, 0.5) is 10.5 Å². The number of anilines is 1. The molecular weight excluding hydrogens is 354 g/mol. The zero-order valence-electron chi connectivity index (χ0n) is 13.3. The maximum Gasteiger partial charge on any atom is 0.418 e. The number of carbonyl (C=O) groups excluding carboxylic acids is 2. The smallest absolute Gasteiger partial charge is 0.309 e. The quantitative estimate of drug-likeness (QED) is 0.525. The first-order valence-corrected chi connectivity index (χ1v) is 8.86. The Kier molecular flexibility index (Phi) is 4.60. The van der Waals surface area contributed by atoms with Gasteiger partial charge in [-0.05, 0) is 25.0 Å². The third-order valence-corrected chi connectivity index (χ3v) is 4.48. The number of aromatic nitrogens is 1. The molecule has 2 atom stereocenters. The minimum Gasteiger partial charge on any atom is -0.309 e. The lowest BCUT2D eigenvalue weighted by molar-refractivity contribution is -0.124. The highest BCUT2D eigenvalue weighted by Crippen LogP contribution is 2.31. The summed E-state index contributed by atoms with van der Waals surface area (Å²) in [6, 6.07) is 1.26. The first-order valence-electron chi connectivity index (χ1n) is 7.50. The fourth-order valence-corrected chi connectivity index (χ4v) is 3.48. The van der Waals surface area contributed by atoms with E-state index >= 15 is 0 Å². The molecule has 0 spiro atoms. The monoisotopic (exact) mass is 371 g/mol. The van der Waals surface area contributed by atoms with Gasteiger partial charge in [0.1, 0.15) is 6.04 Å². The Bertz CT molecular complexity index is 772. The standard InChI is InChI=1S/C13H17N5O6S/c1-14-17(9-3-2-6-15-7-9)12(19)11-5-4-10-8-16(11)13(20)18(10)24-25(21,22)23/h2-3,6-7,10-11,14H,4-5,8H2,1H3,(H,21,22,23)/t10-,11+/m1/s1. The van der Waals surface area contributed by atoms with Crippen molar-refractivity contribution in [2.24, 2.45) is 0 Å². The molecule has 3 heterocycles. The molecule has 2 aliphatic rings. The number of nitrogens with one attached hydrogen (secondary N) is 1. The number of rotatable bonds is 5.